The molecule has 2 aromatic heterocycles. The molecule has 150 valence electrons. The van der Waals surface area contributed by atoms with Crippen LogP contribution in [0, 0.1) is 12.7 Å². The first kappa shape index (κ1) is 19.5. The van der Waals surface area contributed by atoms with Gasteiger partial charge < -0.3 is 9.84 Å². The van der Waals surface area contributed by atoms with Crippen LogP contribution in [0.3, 0.4) is 0 Å². The number of esters is 1. The van der Waals surface area contributed by atoms with E-state index < -0.39 is 5.97 Å². The number of fused-ring (bicyclic) bond motifs is 1. The number of nitrogens with zero attached hydrogens (tertiary/aromatic N) is 2. The van der Waals surface area contributed by atoms with E-state index in [1.807, 2.05) is 25.1 Å². The van der Waals surface area contributed by atoms with Gasteiger partial charge in [0.05, 0.1) is 12.8 Å². The molecule has 0 bridgehead atoms. The lowest BCUT2D eigenvalue weighted by molar-refractivity contribution is 0.0591. The molecule has 0 fully saturated rings. The van der Waals surface area contributed by atoms with Gasteiger partial charge in [-0.3, -0.25) is 4.98 Å². The first-order valence-electron chi connectivity index (χ1n) is 9.37. The fourth-order valence-corrected chi connectivity index (χ4v) is 3.32. The molecule has 4 rings (SSSR count). The molecule has 4 aromatic rings. The first-order chi connectivity index (χ1) is 14.5. The van der Waals surface area contributed by atoms with Gasteiger partial charge in [-0.05, 0) is 54.8 Å². The molecular weight excluding hydrogens is 383 g/mol. The van der Waals surface area contributed by atoms with E-state index in [1.165, 1.54) is 24.8 Å². The Hall–Kier alpha value is -3.80. The monoisotopic (exact) mass is 402 g/mol. The minimum atomic E-state index is -0.775. The van der Waals surface area contributed by atoms with E-state index in [2.05, 4.69) is 22.1 Å². The molecule has 0 unspecified atom stereocenters. The van der Waals surface area contributed by atoms with Crippen molar-refractivity contribution in [3.05, 3.63) is 89.0 Å². The number of ether oxygens (including phenoxy) is 1. The summed E-state index contributed by atoms with van der Waals surface area (Å²) in [4.78, 5) is 20.9. The SMILES string of the molecule is COC(=O)c1nc(-c2ccc(F)cc2)c2cc(Cc3ccc(C)cc3)cnc2c1O. The van der Waals surface area contributed by atoms with Gasteiger partial charge in [0.25, 0.3) is 0 Å². The molecule has 2 aromatic carbocycles. The summed E-state index contributed by atoms with van der Waals surface area (Å²) >= 11 is 0. The minimum Gasteiger partial charge on any atom is -0.504 e. The summed E-state index contributed by atoms with van der Waals surface area (Å²) in [5, 5.41) is 11.2. The van der Waals surface area contributed by atoms with Crippen molar-refractivity contribution in [3.8, 4) is 17.0 Å². The summed E-state index contributed by atoms with van der Waals surface area (Å²) in [5.74, 6) is -1.50. The van der Waals surface area contributed by atoms with Crippen molar-refractivity contribution in [2.45, 2.75) is 13.3 Å². The highest BCUT2D eigenvalue weighted by Crippen LogP contribution is 2.34. The summed E-state index contributed by atoms with van der Waals surface area (Å²) in [5.41, 5.74) is 4.23. The zero-order valence-electron chi connectivity index (χ0n) is 16.5. The number of pyridine rings is 2. The van der Waals surface area contributed by atoms with Crippen LogP contribution in [-0.2, 0) is 11.2 Å². The summed E-state index contributed by atoms with van der Waals surface area (Å²) in [6.45, 7) is 2.03. The van der Waals surface area contributed by atoms with Crippen LogP contribution in [-0.4, -0.2) is 28.2 Å². The van der Waals surface area contributed by atoms with E-state index in [0.29, 0.717) is 23.1 Å². The molecule has 0 saturated carbocycles. The molecule has 2 heterocycles. The van der Waals surface area contributed by atoms with Crippen molar-refractivity contribution in [2.75, 3.05) is 7.11 Å². The number of carbonyl (C=O) groups excluding carboxylic acids is 1. The van der Waals surface area contributed by atoms with E-state index in [9.17, 15) is 14.3 Å². The molecule has 0 aliphatic carbocycles. The number of methoxy groups -OCH3 is 1. The number of carbonyl (C=O) groups is 1. The van der Waals surface area contributed by atoms with E-state index in [4.69, 9.17) is 4.74 Å². The number of aryl methyl sites for hydroxylation is 1. The highest BCUT2D eigenvalue weighted by molar-refractivity contribution is 6.03. The summed E-state index contributed by atoms with van der Waals surface area (Å²) < 4.78 is 18.2. The quantitative estimate of drug-likeness (QED) is 0.495. The third-order valence-electron chi connectivity index (χ3n) is 4.90. The van der Waals surface area contributed by atoms with Gasteiger partial charge in [-0.15, -0.1) is 0 Å². The van der Waals surface area contributed by atoms with Crippen molar-refractivity contribution in [3.63, 3.8) is 0 Å². The average molecular weight is 402 g/mol. The first-order valence-corrected chi connectivity index (χ1v) is 9.37. The molecule has 0 spiro atoms. The zero-order chi connectivity index (χ0) is 21.3. The Labute approximate surface area is 172 Å². The third kappa shape index (κ3) is 3.72. The average Bonchev–Trinajstić information content (AvgIpc) is 2.76. The maximum Gasteiger partial charge on any atom is 0.360 e. The Morgan fingerprint density at radius 1 is 1.07 bits per heavy atom. The van der Waals surface area contributed by atoms with Crippen LogP contribution < -0.4 is 0 Å². The van der Waals surface area contributed by atoms with E-state index in [0.717, 1.165) is 11.1 Å². The van der Waals surface area contributed by atoms with Crippen molar-refractivity contribution < 1.29 is 19.0 Å². The smallest absolute Gasteiger partial charge is 0.360 e. The second-order valence-corrected chi connectivity index (χ2v) is 7.06. The van der Waals surface area contributed by atoms with Crippen molar-refractivity contribution in [1.29, 1.82) is 0 Å². The Morgan fingerprint density at radius 3 is 2.43 bits per heavy atom. The fourth-order valence-electron chi connectivity index (χ4n) is 3.32. The van der Waals surface area contributed by atoms with Crippen molar-refractivity contribution in [2.24, 2.45) is 0 Å². The summed E-state index contributed by atoms with van der Waals surface area (Å²) in [7, 11) is 1.21. The highest BCUT2D eigenvalue weighted by atomic mass is 19.1. The van der Waals surface area contributed by atoms with Gasteiger partial charge in [0.1, 0.15) is 11.3 Å². The normalized spacial score (nSPS) is 10.9. The lowest BCUT2D eigenvalue weighted by Crippen LogP contribution is -2.07. The Bertz CT molecular complexity index is 1240. The van der Waals surface area contributed by atoms with Gasteiger partial charge in [0.2, 0.25) is 0 Å². The summed E-state index contributed by atoms with van der Waals surface area (Å²) in [6.07, 6.45) is 2.31. The van der Waals surface area contributed by atoms with Crippen LogP contribution >= 0.6 is 0 Å². The molecule has 1 N–H and O–H groups in total. The molecule has 0 saturated heterocycles. The maximum absolute atomic E-state index is 13.4. The molecule has 5 nitrogen and oxygen atoms in total. The molecular formula is C24H19FN2O3. The second-order valence-electron chi connectivity index (χ2n) is 7.06. The van der Waals surface area contributed by atoms with Crippen LogP contribution in [0.5, 0.6) is 5.75 Å². The van der Waals surface area contributed by atoms with Gasteiger partial charge in [0, 0.05) is 17.1 Å². The highest BCUT2D eigenvalue weighted by Gasteiger charge is 2.21. The Kier molecular flexibility index (Phi) is 5.14. The minimum absolute atomic E-state index is 0.233. The van der Waals surface area contributed by atoms with Crippen LogP contribution in [0.15, 0.2) is 60.8 Å². The molecule has 0 aliphatic heterocycles. The predicted octanol–water partition coefficient (Wildman–Crippen LogP) is 4.83. The standard InChI is InChI=1S/C24H19FN2O3/c1-14-3-5-15(6-4-14)11-16-12-19-20(17-7-9-18(25)10-8-17)27-22(24(29)30-2)23(28)21(19)26-13-16/h3-10,12-13,28H,11H2,1-2H3. The Balaban J connectivity index is 1.90. The topological polar surface area (TPSA) is 72.3 Å². The van der Waals surface area contributed by atoms with Gasteiger partial charge >= 0.3 is 5.97 Å². The number of aromatic nitrogens is 2. The van der Waals surface area contributed by atoms with Gasteiger partial charge in [-0.25, -0.2) is 14.2 Å². The van der Waals surface area contributed by atoms with Crippen LogP contribution in [0.4, 0.5) is 4.39 Å². The number of benzene rings is 2. The molecule has 30 heavy (non-hydrogen) atoms. The fraction of sp³-hybridized carbons (Fsp3) is 0.125. The molecule has 0 aliphatic rings. The number of hydrogen-bond donors (Lipinski definition) is 1. The molecule has 0 radical (unpaired) electrons. The van der Waals surface area contributed by atoms with Crippen LogP contribution in [0.25, 0.3) is 22.2 Å². The molecule has 0 amide bonds. The number of rotatable bonds is 4. The van der Waals surface area contributed by atoms with Gasteiger partial charge in [-0.2, -0.15) is 0 Å². The third-order valence-corrected chi connectivity index (χ3v) is 4.90. The van der Waals surface area contributed by atoms with Crippen LogP contribution in [0.2, 0.25) is 0 Å². The van der Waals surface area contributed by atoms with Crippen molar-refractivity contribution in [1.82, 2.24) is 9.97 Å². The molecule has 0 atom stereocenters. The molecule has 6 heteroatoms. The summed E-state index contributed by atoms with van der Waals surface area (Å²) in [6, 6.07) is 15.9. The Morgan fingerprint density at radius 2 is 1.77 bits per heavy atom. The van der Waals surface area contributed by atoms with Crippen LogP contribution in [0.1, 0.15) is 27.2 Å². The largest absolute Gasteiger partial charge is 0.504 e. The van der Waals surface area contributed by atoms with E-state index in [-0.39, 0.29) is 22.8 Å². The van der Waals surface area contributed by atoms with Gasteiger partial charge in [0.15, 0.2) is 11.4 Å². The van der Waals surface area contributed by atoms with E-state index in [1.54, 1.807) is 18.3 Å². The number of hydrogen-bond acceptors (Lipinski definition) is 5. The lowest BCUT2D eigenvalue weighted by Gasteiger charge is -2.12. The lowest BCUT2D eigenvalue weighted by atomic mass is 10.0. The zero-order valence-corrected chi connectivity index (χ0v) is 16.5. The van der Waals surface area contributed by atoms with Gasteiger partial charge in [-0.1, -0.05) is 29.8 Å². The number of halogens is 1. The second kappa shape index (κ2) is 7.91. The number of aromatic hydroxyl groups is 1. The van der Waals surface area contributed by atoms with E-state index >= 15 is 0 Å². The predicted molar refractivity (Wildman–Crippen MR) is 112 cm³/mol. The maximum atomic E-state index is 13.4. The van der Waals surface area contributed by atoms with Crippen molar-refractivity contribution >= 4 is 16.9 Å².